The molecule has 0 heterocycles. The number of anilines is 1. The maximum Gasteiger partial charge on any atom is 0.269 e. The minimum atomic E-state index is -0.398. The van der Waals surface area contributed by atoms with Gasteiger partial charge in [0.15, 0.2) is 0 Å². The molecule has 0 radical (unpaired) electrons. The number of nitro benzene ring substituents is 1. The van der Waals surface area contributed by atoms with E-state index >= 15 is 0 Å². The molecule has 0 bridgehead atoms. The molecule has 0 saturated carbocycles. The van der Waals surface area contributed by atoms with Crippen molar-refractivity contribution in [2.75, 3.05) is 45.3 Å². The number of nitro groups is 1. The number of aliphatic hydroxyl groups excluding tert-OH is 1. The van der Waals surface area contributed by atoms with E-state index in [0.717, 1.165) is 17.8 Å². The molecule has 0 fully saturated rings. The van der Waals surface area contributed by atoms with Gasteiger partial charge in [0.05, 0.1) is 18.1 Å². The SMILES string of the molecule is CCNc1ccc([N+](=O)[O-])cc1CN(CCO)CCOC. The molecule has 118 valence electrons. The van der Waals surface area contributed by atoms with Gasteiger partial charge < -0.3 is 15.2 Å². The van der Waals surface area contributed by atoms with Gasteiger partial charge in [-0.2, -0.15) is 0 Å². The van der Waals surface area contributed by atoms with Crippen LogP contribution in [-0.2, 0) is 11.3 Å². The Morgan fingerprint density at radius 3 is 2.76 bits per heavy atom. The van der Waals surface area contributed by atoms with Gasteiger partial charge in [-0.05, 0) is 18.6 Å². The predicted molar refractivity (Wildman–Crippen MR) is 81.5 cm³/mol. The largest absolute Gasteiger partial charge is 0.395 e. The third-order valence-electron chi connectivity index (χ3n) is 3.09. The number of methoxy groups -OCH3 is 1. The second-order valence-corrected chi connectivity index (χ2v) is 4.62. The average Bonchev–Trinajstić information content (AvgIpc) is 2.46. The topological polar surface area (TPSA) is 87.9 Å². The van der Waals surface area contributed by atoms with E-state index in [1.165, 1.54) is 6.07 Å². The van der Waals surface area contributed by atoms with Crippen LogP contribution in [0.4, 0.5) is 11.4 Å². The number of rotatable bonds is 10. The first kappa shape index (κ1) is 17.4. The van der Waals surface area contributed by atoms with Crippen molar-refractivity contribution < 1.29 is 14.8 Å². The summed E-state index contributed by atoms with van der Waals surface area (Å²) in [5, 5.41) is 23.2. The van der Waals surface area contributed by atoms with E-state index in [9.17, 15) is 10.1 Å². The van der Waals surface area contributed by atoms with Crippen LogP contribution < -0.4 is 5.32 Å². The molecule has 1 aromatic rings. The van der Waals surface area contributed by atoms with Crippen LogP contribution in [0.3, 0.4) is 0 Å². The molecule has 7 nitrogen and oxygen atoms in total. The van der Waals surface area contributed by atoms with Crippen molar-refractivity contribution >= 4 is 11.4 Å². The highest BCUT2D eigenvalue weighted by Gasteiger charge is 2.13. The fourth-order valence-corrected chi connectivity index (χ4v) is 2.06. The van der Waals surface area contributed by atoms with Gasteiger partial charge >= 0.3 is 0 Å². The van der Waals surface area contributed by atoms with E-state index in [-0.39, 0.29) is 12.3 Å². The van der Waals surface area contributed by atoms with Crippen LogP contribution in [-0.4, -0.2) is 54.9 Å². The van der Waals surface area contributed by atoms with Gasteiger partial charge in [0.1, 0.15) is 0 Å². The molecule has 0 aliphatic heterocycles. The molecule has 21 heavy (non-hydrogen) atoms. The second kappa shape index (κ2) is 9.28. The Bertz CT molecular complexity index is 454. The minimum absolute atomic E-state index is 0.0369. The van der Waals surface area contributed by atoms with Crippen molar-refractivity contribution in [3.05, 3.63) is 33.9 Å². The standard InChI is InChI=1S/C14H23N3O4/c1-3-15-14-5-4-13(17(19)20)10-12(14)11-16(6-8-18)7-9-21-2/h4-5,10,15,18H,3,6-9,11H2,1-2H3. The number of ether oxygens (including phenoxy) is 1. The number of hydrogen-bond acceptors (Lipinski definition) is 6. The van der Waals surface area contributed by atoms with Gasteiger partial charge in [0.25, 0.3) is 5.69 Å². The lowest BCUT2D eigenvalue weighted by molar-refractivity contribution is -0.384. The highest BCUT2D eigenvalue weighted by molar-refractivity contribution is 5.56. The zero-order chi connectivity index (χ0) is 15.7. The number of benzene rings is 1. The second-order valence-electron chi connectivity index (χ2n) is 4.62. The minimum Gasteiger partial charge on any atom is -0.395 e. The Balaban J connectivity index is 2.94. The fourth-order valence-electron chi connectivity index (χ4n) is 2.06. The predicted octanol–water partition coefficient (Wildman–Crippen LogP) is 1.47. The molecule has 0 aliphatic carbocycles. The molecule has 0 unspecified atom stereocenters. The van der Waals surface area contributed by atoms with Gasteiger partial charge in [-0.1, -0.05) is 0 Å². The molecule has 0 aromatic heterocycles. The first-order chi connectivity index (χ1) is 10.1. The van der Waals surface area contributed by atoms with Gasteiger partial charge in [0.2, 0.25) is 0 Å². The smallest absolute Gasteiger partial charge is 0.269 e. The monoisotopic (exact) mass is 297 g/mol. The summed E-state index contributed by atoms with van der Waals surface area (Å²) in [6, 6.07) is 4.80. The number of nitrogens with zero attached hydrogens (tertiary/aromatic N) is 2. The number of non-ortho nitro benzene ring substituents is 1. The van der Waals surface area contributed by atoms with Crippen LogP contribution in [0.2, 0.25) is 0 Å². The Hall–Kier alpha value is -1.70. The van der Waals surface area contributed by atoms with E-state index in [1.54, 1.807) is 19.2 Å². The Morgan fingerprint density at radius 2 is 2.19 bits per heavy atom. The van der Waals surface area contributed by atoms with Gasteiger partial charge in [-0.3, -0.25) is 15.0 Å². The van der Waals surface area contributed by atoms with E-state index in [1.807, 2.05) is 11.8 Å². The summed E-state index contributed by atoms with van der Waals surface area (Å²) in [5.41, 5.74) is 1.79. The van der Waals surface area contributed by atoms with Crippen LogP contribution in [0, 0.1) is 10.1 Å². The fraction of sp³-hybridized carbons (Fsp3) is 0.571. The quantitative estimate of drug-likeness (QED) is 0.502. The molecular formula is C14H23N3O4. The lowest BCUT2D eigenvalue weighted by Gasteiger charge is -2.22. The maximum absolute atomic E-state index is 10.9. The lowest BCUT2D eigenvalue weighted by atomic mass is 10.1. The first-order valence-electron chi connectivity index (χ1n) is 6.95. The maximum atomic E-state index is 10.9. The highest BCUT2D eigenvalue weighted by Crippen LogP contribution is 2.23. The molecule has 0 amide bonds. The number of aliphatic hydroxyl groups is 1. The summed E-state index contributed by atoms with van der Waals surface area (Å²) < 4.78 is 5.05. The molecular weight excluding hydrogens is 274 g/mol. The zero-order valence-corrected chi connectivity index (χ0v) is 12.5. The average molecular weight is 297 g/mol. The molecule has 0 atom stereocenters. The molecule has 2 N–H and O–H groups in total. The van der Waals surface area contributed by atoms with Crippen LogP contribution in [0.15, 0.2) is 18.2 Å². The van der Waals surface area contributed by atoms with Gasteiger partial charge in [0, 0.05) is 51.1 Å². The Labute approximate surface area is 124 Å². The van der Waals surface area contributed by atoms with Gasteiger partial charge in [-0.25, -0.2) is 0 Å². The summed E-state index contributed by atoms with van der Waals surface area (Å²) in [6.07, 6.45) is 0. The summed E-state index contributed by atoms with van der Waals surface area (Å²) >= 11 is 0. The van der Waals surface area contributed by atoms with E-state index in [4.69, 9.17) is 9.84 Å². The van der Waals surface area contributed by atoms with Crippen molar-refractivity contribution in [3.63, 3.8) is 0 Å². The Morgan fingerprint density at radius 1 is 1.43 bits per heavy atom. The van der Waals surface area contributed by atoms with E-state index in [2.05, 4.69) is 5.32 Å². The van der Waals surface area contributed by atoms with Crippen LogP contribution >= 0.6 is 0 Å². The van der Waals surface area contributed by atoms with E-state index in [0.29, 0.717) is 26.2 Å². The molecule has 1 aromatic carbocycles. The van der Waals surface area contributed by atoms with Crippen LogP contribution in [0.5, 0.6) is 0 Å². The third-order valence-corrected chi connectivity index (χ3v) is 3.09. The zero-order valence-electron chi connectivity index (χ0n) is 12.5. The Kier molecular flexibility index (Phi) is 7.66. The highest BCUT2D eigenvalue weighted by atomic mass is 16.6. The van der Waals surface area contributed by atoms with E-state index < -0.39 is 4.92 Å². The van der Waals surface area contributed by atoms with Crippen LogP contribution in [0.1, 0.15) is 12.5 Å². The first-order valence-corrected chi connectivity index (χ1v) is 6.95. The molecule has 7 heteroatoms. The molecule has 0 aliphatic rings. The van der Waals surface area contributed by atoms with Crippen LogP contribution in [0.25, 0.3) is 0 Å². The summed E-state index contributed by atoms with van der Waals surface area (Å²) in [7, 11) is 1.62. The van der Waals surface area contributed by atoms with Crippen molar-refractivity contribution in [1.82, 2.24) is 4.90 Å². The number of hydrogen-bond donors (Lipinski definition) is 2. The van der Waals surface area contributed by atoms with Crippen molar-refractivity contribution in [3.8, 4) is 0 Å². The summed E-state index contributed by atoms with van der Waals surface area (Å²) in [4.78, 5) is 12.5. The lowest BCUT2D eigenvalue weighted by Crippen LogP contribution is -2.30. The molecule has 0 spiro atoms. The van der Waals surface area contributed by atoms with Crippen molar-refractivity contribution in [1.29, 1.82) is 0 Å². The van der Waals surface area contributed by atoms with Gasteiger partial charge in [-0.15, -0.1) is 0 Å². The normalized spacial score (nSPS) is 10.9. The van der Waals surface area contributed by atoms with Crippen molar-refractivity contribution in [2.24, 2.45) is 0 Å². The third kappa shape index (κ3) is 5.66. The molecule has 0 saturated heterocycles. The number of nitrogens with one attached hydrogen (secondary N) is 1. The summed E-state index contributed by atoms with van der Waals surface area (Å²) in [5.74, 6) is 0. The molecule has 1 rings (SSSR count). The van der Waals surface area contributed by atoms with Crippen molar-refractivity contribution in [2.45, 2.75) is 13.5 Å². The summed E-state index contributed by atoms with van der Waals surface area (Å²) in [6.45, 7) is 4.97.